The molecule has 1 N–H and O–H groups in total. The number of hydrogen-bond donors (Lipinski definition) is 1. The first-order chi connectivity index (χ1) is 9.93. The van der Waals surface area contributed by atoms with Crippen molar-refractivity contribution in [1.82, 2.24) is 5.32 Å². The van der Waals surface area contributed by atoms with Crippen LogP contribution >= 0.6 is 0 Å². The van der Waals surface area contributed by atoms with Gasteiger partial charge in [-0.25, -0.2) is 0 Å². The first kappa shape index (κ1) is 15.3. The molecule has 1 unspecified atom stereocenters. The number of rotatable bonds is 7. The molecule has 1 atom stereocenters. The van der Waals surface area contributed by atoms with Gasteiger partial charge in [-0.15, -0.1) is 0 Å². The lowest BCUT2D eigenvalue weighted by molar-refractivity contribution is -0.384. The molecule has 0 aromatic heterocycles. The predicted octanol–water partition coefficient (Wildman–Crippen LogP) is 2.71. The van der Waals surface area contributed by atoms with E-state index in [1.54, 1.807) is 6.07 Å². The summed E-state index contributed by atoms with van der Waals surface area (Å²) in [7, 11) is 0. The van der Waals surface area contributed by atoms with Crippen LogP contribution in [-0.4, -0.2) is 23.1 Å². The number of non-ortho nitro benzene ring substituents is 1. The van der Waals surface area contributed by atoms with E-state index in [2.05, 4.69) is 11.4 Å². The summed E-state index contributed by atoms with van der Waals surface area (Å²) in [5.41, 5.74) is 0.236. The molecule has 0 bridgehead atoms. The Kier molecular flexibility index (Phi) is 4.43. The molecule has 1 aliphatic carbocycles. The molecule has 21 heavy (non-hydrogen) atoms. The highest BCUT2D eigenvalue weighted by atomic mass is 16.6. The molecular weight excluding hydrogens is 270 g/mol. The minimum absolute atomic E-state index is 0.00903. The van der Waals surface area contributed by atoms with Crippen LogP contribution < -0.4 is 10.1 Å². The second-order valence-electron chi connectivity index (χ2n) is 5.67. The second-order valence-corrected chi connectivity index (χ2v) is 5.67. The van der Waals surface area contributed by atoms with Crippen molar-refractivity contribution in [2.75, 3.05) is 6.61 Å². The smallest absolute Gasteiger partial charge is 0.273 e. The lowest BCUT2D eigenvalue weighted by Gasteiger charge is -2.23. The van der Waals surface area contributed by atoms with Crippen molar-refractivity contribution in [3.8, 4) is 11.8 Å². The largest absolute Gasteiger partial charge is 0.493 e. The van der Waals surface area contributed by atoms with Crippen molar-refractivity contribution in [1.29, 1.82) is 5.26 Å². The predicted molar refractivity (Wildman–Crippen MR) is 78.1 cm³/mol. The summed E-state index contributed by atoms with van der Waals surface area (Å²) in [6, 6.07) is 7.26. The average molecular weight is 289 g/mol. The van der Waals surface area contributed by atoms with Crippen LogP contribution in [0.1, 0.15) is 31.7 Å². The normalized spacial score (nSPS) is 16.8. The summed E-state index contributed by atoms with van der Waals surface area (Å²) in [6.07, 6.45) is 2.76. The number of hydrogen-bond acceptors (Lipinski definition) is 5. The highest BCUT2D eigenvalue weighted by Crippen LogP contribution is 2.26. The summed E-state index contributed by atoms with van der Waals surface area (Å²) in [5, 5.41) is 23.3. The Morgan fingerprint density at radius 3 is 2.86 bits per heavy atom. The van der Waals surface area contributed by atoms with Crippen molar-refractivity contribution in [2.24, 2.45) is 0 Å². The van der Waals surface area contributed by atoms with Crippen LogP contribution in [0.2, 0.25) is 0 Å². The van der Waals surface area contributed by atoms with Gasteiger partial charge in [-0.3, -0.25) is 15.4 Å². The standard InChI is InChI=1S/C15H19N3O3/c1-11-3-6-13(18(19)20)9-14(11)21-8-7-15(2,10-16)17-12-4-5-12/h3,6,9,12,17H,4-5,7-8H2,1-2H3. The van der Waals surface area contributed by atoms with Gasteiger partial charge < -0.3 is 4.74 Å². The minimum Gasteiger partial charge on any atom is -0.493 e. The molecule has 0 saturated heterocycles. The summed E-state index contributed by atoms with van der Waals surface area (Å²) in [4.78, 5) is 10.3. The van der Waals surface area contributed by atoms with Crippen molar-refractivity contribution in [2.45, 2.75) is 44.7 Å². The third kappa shape index (κ3) is 4.17. The molecule has 1 aromatic carbocycles. The molecule has 2 rings (SSSR count). The van der Waals surface area contributed by atoms with E-state index in [1.165, 1.54) is 12.1 Å². The van der Waals surface area contributed by atoms with Gasteiger partial charge in [0, 0.05) is 18.5 Å². The maximum absolute atomic E-state index is 10.8. The number of benzene rings is 1. The Bertz CT molecular complexity index is 578. The molecule has 1 aliphatic rings. The van der Waals surface area contributed by atoms with Gasteiger partial charge in [0.05, 0.1) is 23.7 Å². The molecule has 112 valence electrons. The van der Waals surface area contributed by atoms with Gasteiger partial charge in [0.25, 0.3) is 5.69 Å². The van der Waals surface area contributed by atoms with E-state index in [0.717, 1.165) is 18.4 Å². The molecule has 0 radical (unpaired) electrons. The molecule has 0 heterocycles. The monoisotopic (exact) mass is 289 g/mol. The van der Waals surface area contributed by atoms with Crippen LogP contribution in [0.5, 0.6) is 5.75 Å². The molecule has 0 spiro atoms. The molecule has 1 saturated carbocycles. The van der Waals surface area contributed by atoms with Gasteiger partial charge in [-0.1, -0.05) is 0 Å². The Hall–Kier alpha value is -2.13. The maximum Gasteiger partial charge on any atom is 0.273 e. The second kappa shape index (κ2) is 6.10. The molecule has 1 fully saturated rings. The fraction of sp³-hybridized carbons (Fsp3) is 0.533. The van der Waals surface area contributed by atoms with Gasteiger partial charge in [0.2, 0.25) is 0 Å². The Morgan fingerprint density at radius 2 is 2.29 bits per heavy atom. The zero-order valence-corrected chi connectivity index (χ0v) is 12.3. The van der Waals surface area contributed by atoms with Crippen LogP contribution in [0.15, 0.2) is 18.2 Å². The lowest BCUT2D eigenvalue weighted by atomic mass is 10.0. The third-order valence-electron chi connectivity index (χ3n) is 3.59. The van der Waals surface area contributed by atoms with Crippen LogP contribution in [0.3, 0.4) is 0 Å². The number of aryl methyl sites for hydroxylation is 1. The van der Waals surface area contributed by atoms with Crippen LogP contribution in [0.4, 0.5) is 5.69 Å². The van der Waals surface area contributed by atoms with E-state index >= 15 is 0 Å². The van der Waals surface area contributed by atoms with Crippen molar-refractivity contribution >= 4 is 5.69 Å². The highest BCUT2D eigenvalue weighted by Gasteiger charge is 2.32. The Balaban J connectivity index is 1.94. The van der Waals surface area contributed by atoms with E-state index in [0.29, 0.717) is 24.8 Å². The van der Waals surface area contributed by atoms with Gasteiger partial charge in [-0.2, -0.15) is 5.26 Å². The van der Waals surface area contributed by atoms with Crippen molar-refractivity contribution in [3.63, 3.8) is 0 Å². The van der Waals surface area contributed by atoms with Gasteiger partial charge in [0.15, 0.2) is 0 Å². The van der Waals surface area contributed by atoms with E-state index in [4.69, 9.17) is 4.74 Å². The number of nitro benzene ring substituents is 1. The molecule has 0 aliphatic heterocycles. The SMILES string of the molecule is Cc1ccc([N+](=O)[O-])cc1OCCC(C)(C#N)NC1CC1. The van der Waals surface area contributed by atoms with E-state index < -0.39 is 10.5 Å². The van der Waals surface area contributed by atoms with Crippen molar-refractivity contribution < 1.29 is 9.66 Å². The van der Waals surface area contributed by atoms with Gasteiger partial charge >= 0.3 is 0 Å². The molecule has 0 amide bonds. The summed E-state index contributed by atoms with van der Waals surface area (Å²) in [5.74, 6) is 0.496. The number of ether oxygens (including phenoxy) is 1. The first-order valence-corrected chi connectivity index (χ1v) is 7.00. The topological polar surface area (TPSA) is 88.2 Å². The summed E-state index contributed by atoms with van der Waals surface area (Å²) >= 11 is 0. The van der Waals surface area contributed by atoms with Gasteiger partial charge in [0.1, 0.15) is 11.3 Å². The Labute approximate surface area is 123 Å². The first-order valence-electron chi connectivity index (χ1n) is 7.00. The quantitative estimate of drug-likeness (QED) is 0.616. The van der Waals surface area contributed by atoms with Gasteiger partial charge in [-0.05, 0) is 38.3 Å². The van der Waals surface area contributed by atoms with Crippen LogP contribution in [0.25, 0.3) is 0 Å². The average Bonchev–Trinajstić information content (AvgIpc) is 3.24. The fourth-order valence-electron chi connectivity index (χ4n) is 2.06. The van der Waals surface area contributed by atoms with Crippen LogP contribution in [-0.2, 0) is 0 Å². The number of nitrogens with zero attached hydrogens (tertiary/aromatic N) is 2. The van der Waals surface area contributed by atoms with E-state index in [9.17, 15) is 15.4 Å². The molecule has 1 aromatic rings. The maximum atomic E-state index is 10.8. The number of nitriles is 1. The minimum atomic E-state index is -0.615. The Morgan fingerprint density at radius 1 is 1.57 bits per heavy atom. The van der Waals surface area contributed by atoms with Crippen molar-refractivity contribution in [3.05, 3.63) is 33.9 Å². The molecule has 6 heteroatoms. The molecular formula is C15H19N3O3. The summed E-state index contributed by atoms with van der Waals surface area (Å²) < 4.78 is 5.63. The van der Waals surface area contributed by atoms with Crippen LogP contribution in [0, 0.1) is 28.4 Å². The zero-order valence-electron chi connectivity index (χ0n) is 12.3. The summed E-state index contributed by atoms with van der Waals surface area (Å²) in [6.45, 7) is 4.03. The fourth-order valence-corrected chi connectivity index (χ4v) is 2.06. The lowest BCUT2D eigenvalue weighted by Crippen LogP contribution is -2.43. The molecule has 6 nitrogen and oxygen atoms in total. The number of nitrogens with one attached hydrogen (secondary N) is 1. The van der Waals surface area contributed by atoms with E-state index in [-0.39, 0.29) is 5.69 Å². The zero-order chi connectivity index (χ0) is 15.5. The van der Waals surface area contributed by atoms with E-state index in [1.807, 2.05) is 13.8 Å². The third-order valence-corrected chi connectivity index (χ3v) is 3.59. The highest BCUT2D eigenvalue weighted by molar-refractivity contribution is 5.43. The number of nitro groups is 1.